The Morgan fingerprint density at radius 3 is 2.38 bits per heavy atom. The number of aliphatic carboxylic acids is 1. The van der Waals surface area contributed by atoms with E-state index in [1.54, 1.807) is 18.2 Å². The molecule has 10 atom stereocenters. The van der Waals surface area contributed by atoms with E-state index in [4.69, 9.17) is 35.3 Å². The minimum atomic E-state index is -1.99. The topological polar surface area (TPSA) is 205 Å². The summed E-state index contributed by atoms with van der Waals surface area (Å²) in [4.78, 5) is 11.5. The van der Waals surface area contributed by atoms with Gasteiger partial charge in [-0.15, -0.1) is 0 Å². The normalized spacial score (nSPS) is 37.9. The van der Waals surface area contributed by atoms with E-state index >= 15 is 0 Å². The molecule has 14 heteroatoms. The fourth-order valence-corrected chi connectivity index (χ4v) is 5.72. The molecule has 0 aliphatic carbocycles. The summed E-state index contributed by atoms with van der Waals surface area (Å²) < 4.78 is 28.4. The van der Waals surface area contributed by atoms with Crippen molar-refractivity contribution in [1.82, 2.24) is 0 Å². The van der Waals surface area contributed by atoms with Crippen molar-refractivity contribution in [3.05, 3.63) is 64.2 Å². The van der Waals surface area contributed by atoms with Crippen molar-refractivity contribution in [3.8, 4) is 5.75 Å². The van der Waals surface area contributed by atoms with Gasteiger partial charge in [-0.3, -0.25) is 0 Å². The Bertz CT molecular complexity index is 1280. The Morgan fingerprint density at radius 2 is 1.74 bits per heavy atom. The van der Waals surface area contributed by atoms with Crippen LogP contribution in [0.1, 0.15) is 23.6 Å². The molecule has 3 heterocycles. The molecule has 13 nitrogen and oxygen atoms in total. The maximum Gasteiger partial charge on any atom is 0.335 e. The number of carboxylic acids is 1. The number of hydrogen-bond donors (Lipinski definition) is 7. The largest absolute Gasteiger partial charge is 0.494 e. The van der Waals surface area contributed by atoms with E-state index in [1.165, 1.54) is 0 Å². The van der Waals surface area contributed by atoms with Crippen molar-refractivity contribution in [2.75, 3.05) is 19.8 Å². The van der Waals surface area contributed by atoms with Crippen LogP contribution in [0.15, 0.2) is 42.5 Å². The van der Waals surface area contributed by atoms with Crippen LogP contribution in [0.3, 0.4) is 0 Å². The first-order valence-corrected chi connectivity index (χ1v) is 13.7. The van der Waals surface area contributed by atoms with Gasteiger partial charge in [0.15, 0.2) is 12.4 Å². The van der Waals surface area contributed by atoms with Gasteiger partial charge in [0, 0.05) is 10.6 Å². The van der Waals surface area contributed by atoms with Gasteiger partial charge in [0.2, 0.25) is 5.79 Å². The van der Waals surface area contributed by atoms with Gasteiger partial charge in [-0.25, -0.2) is 4.79 Å². The summed E-state index contributed by atoms with van der Waals surface area (Å²) in [5, 5.41) is 73.4. The molecule has 0 spiro atoms. The molecule has 3 aliphatic rings. The monoisotopic (exact) mass is 612 g/mol. The van der Waals surface area contributed by atoms with Crippen LogP contribution in [-0.2, 0) is 35.9 Å². The van der Waals surface area contributed by atoms with E-state index < -0.39 is 73.0 Å². The first kappa shape index (κ1) is 31.0. The van der Waals surface area contributed by atoms with Crippen LogP contribution < -0.4 is 4.74 Å². The van der Waals surface area contributed by atoms with Crippen LogP contribution in [0.4, 0.5) is 0 Å². The number of ether oxygens (including phenoxy) is 5. The quantitative estimate of drug-likeness (QED) is 0.187. The van der Waals surface area contributed by atoms with Crippen molar-refractivity contribution in [1.29, 1.82) is 0 Å². The molecule has 2 bridgehead atoms. The maximum atomic E-state index is 11.6. The first-order valence-electron chi connectivity index (χ1n) is 13.4. The molecule has 0 saturated carbocycles. The van der Waals surface area contributed by atoms with Crippen molar-refractivity contribution < 1.29 is 64.2 Å². The summed E-state index contributed by atoms with van der Waals surface area (Å²) in [7, 11) is 0. The summed E-state index contributed by atoms with van der Waals surface area (Å²) in [6.45, 7) is 1.28. The highest BCUT2D eigenvalue weighted by Gasteiger charge is 2.68. The Kier molecular flexibility index (Phi) is 8.83. The molecule has 230 valence electrons. The van der Waals surface area contributed by atoms with Gasteiger partial charge >= 0.3 is 5.97 Å². The van der Waals surface area contributed by atoms with Crippen molar-refractivity contribution in [2.45, 2.75) is 73.8 Å². The number of aliphatic hydroxyl groups is 6. The van der Waals surface area contributed by atoms with Gasteiger partial charge in [0.1, 0.15) is 48.0 Å². The van der Waals surface area contributed by atoms with Crippen LogP contribution in [0, 0.1) is 0 Å². The highest BCUT2D eigenvalue weighted by molar-refractivity contribution is 6.31. The number of rotatable bonds is 9. The Morgan fingerprint density at radius 1 is 1.02 bits per heavy atom. The zero-order valence-electron chi connectivity index (χ0n) is 22.4. The highest BCUT2D eigenvalue weighted by atomic mass is 35.5. The average Bonchev–Trinajstić information content (AvgIpc) is 3.36. The van der Waals surface area contributed by atoms with Gasteiger partial charge in [0.05, 0.1) is 19.8 Å². The Hall–Kier alpha value is -2.40. The van der Waals surface area contributed by atoms with Crippen molar-refractivity contribution >= 4 is 17.6 Å². The standard InChI is InChI=1S/C28H33ClO13/c1-2-38-16-6-3-13(4-7-16)9-14-10-15(5-8-17(14)29)28-24(35)22(23(34)27(11-30,42-28)12-39-28)41-26-20(33)18(31)19(32)21(40-26)25(36)37/h3-8,10,18-24,26,30-35H,2,9,11-12H2,1H3,(H,36,37)/t18-,19-,20+,21-,22+,23+,24?,26-,27+,28+/m0/s1. The van der Waals surface area contributed by atoms with E-state index in [-0.39, 0.29) is 12.2 Å². The van der Waals surface area contributed by atoms with Crippen LogP contribution in [0.2, 0.25) is 5.02 Å². The third kappa shape index (κ3) is 5.29. The van der Waals surface area contributed by atoms with Gasteiger partial charge in [0.25, 0.3) is 0 Å². The number of carbonyl (C=O) groups is 1. The lowest BCUT2D eigenvalue weighted by Crippen LogP contribution is -2.68. The smallest absolute Gasteiger partial charge is 0.335 e. The summed E-state index contributed by atoms with van der Waals surface area (Å²) in [6, 6.07) is 12.2. The third-order valence-corrected chi connectivity index (χ3v) is 8.25. The van der Waals surface area contributed by atoms with Gasteiger partial charge in [-0.05, 0) is 48.7 Å². The molecule has 42 heavy (non-hydrogen) atoms. The molecular formula is C28H33ClO13. The molecule has 5 rings (SSSR count). The number of aliphatic hydroxyl groups excluding tert-OH is 6. The molecular weight excluding hydrogens is 580 g/mol. The fourth-order valence-electron chi connectivity index (χ4n) is 5.54. The molecule has 1 unspecified atom stereocenters. The number of benzene rings is 2. The molecule has 0 radical (unpaired) electrons. The van der Waals surface area contributed by atoms with E-state index in [2.05, 4.69) is 0 Å². The van der Waals surface area contributed by atoms with Crippen LogP contribution in [-0.4, -0.2) is 116 Å². The lowest BCUT2D eigenvalue weighted by Gasteiger charge is -2.49. The molecule has 2 aromatic rings. The van der Waals surface area contributed by atoms with Crippen LogP contribution >= 0.6 is 11.6 Å². The second-order valence-corrected chi connectivity index (χ2v) is 11.0. The second kappa shape index (κ2) is 11.9. The Balaban J connectivity index is 1.46. The molecule has 7 N–H and O–H groups in total. The number of carboxylic acid groups (broad SMARTS) is 1. The summed E-state index contributed by atoms with van der Waals surface area (Å²) in [6.07, 6.45) is -14.7. The zero-order valence-corrected chi connectivity index (χ0v) is 23.2. The summed E-state index contributed by atoms with van der Waals surface area (Å²) in [5.41, 5.74) is 0.0404. The fraction of sp³-hybridized carbons (Fsp3) is 0.536. The molecule has 3 saturated heterocycles. The predicted molar refractivity (Wildman–Crippen MR) is 142 cm³/mol. The number of hydrogen-bond acceptors (Lipinski definition) is 12. The molecule has 3 aliphatic heterocycles. The SMILES string of the molecule is CCOc1ccc(Cc2cc([C@@]34OC[C@@](CO)(O3)[C@H](O)[C@@H](O[C@@H]3O[C@H](C(=O)O)[C@@H](O)[C@H](O)[C@H]3O)C4O)ccc2Cl)cc1. The number of halogens is 1. The summed E-state index contributed by atoms with van der Waals surface area (Å²) in [5.74, 6) is -2.91. The highest BCUT2D eigenvalue weighted by Crippen LogP contribution is 2.51. The summed E-state index contributed by atoms with van der Waals surface area (Å²) >= 11 is 6.51. The van der Waals surface area contributed by atoms with Crippen molar-refractivity contribution in [2.24, 2.45) is 0 Å². The van der Waals surface area contributed by atoms with Gasteiger partial charge in [-0.1, -0.05) is 29.8 Å². The van der Waals surface area contributed by atoms with E-state index in [1.807, 2.05) is 31.2 Å². The maximum absolute atomic E-state index is 11.6. The van der Waals surface area contributed by atoms with E-state index in [9.17, 15) is 40.5 Å². The number of fused-ring (bicyclic) bond motifs is 2. The van der Waals surface area contributed by atoms with E-state index in [0.29, 0.717) is 29.4 Å². The van der Waals surface area contributed by atoms with Gasteiger partial charge in [-0.2, -0.15) is 0 Å². The minimum Gasteiger partial charge on any atom is -0.494 e. The molecule has 3 fully saturated rings. The molecule has 2 aromatic carbocycles. The molecule has 0 amide bonds. The lowest BCUT2D eigenvalue weighted by atomic mass is 9.83. The predicted octanol–water partition coefficient (Wildman–Crippen LogP) is -0.727. The first-order chi connectivity index (χ1) is 20.0. The van der Waals surface area contributed by atoms with Crippen LogP contribution in [0.5, 0.6) is 5.75 Å². The lowest BCUT2D eigenvalue weighted by molar-refractivity contribution is -0.372. The van der Waals surface area contributed by atoms with Crippen molar-refractivity contribution in [3.63, 3.8) is 0 Å². The Labute approximate surface area is 245 Å². The van der Waals surface area contributed by atoms with Crippen LogP contribution in [0.25, 0.3) is 0 Å². The molecule has 0 aromatic heterocycles. The third-order valence-electron chi connectivity index (χ3n) is 7.89. The second-order valence-electron chi connectivity index (χ2n) is 10.6. The zero-order chi connectivity index (χ0) is 30.4. The van der Waals surface area contributed by atoms with E-state index in [0.717, 1.165) is 5.56 Å². The van der Waals surface area contributed by atoms with Gasteiger partial charge < -0.3 is 59.4 Å². The average molecular weight is 613 g/mol. The minimum absolute atomic E-state index is 0.278.